The molecule has 0 saturated carbocycles. The van der Waals surface area contributed by atoms with Gasteiger partial charge in [-0.3, -0.25) is 4.90 Å². The first kappa shape index (κ1) is 14.8. The maximum absolute atomic E-state index is 6.18. The van der Waals surface area contributed by atoms with E-state index in [1.165, 1.54) is 45.1 Å². The Morgan fingerprint density at radius 2 is 2.20 bits per heavy atom. The van der Waals surface area contributed by atoms with E-state index in [-0.39, 0.29) is 0 Å². The minimum atomic E-state index is 0.366. The molecule has 4 unspecified atom stereocenters. The van der Waals surface area contributed by atoms with Crippen LogP contribution in [0.15, 0.2) is 0 Å². The molecule has 3 fully saturated rings. The number of fused-ring (bicyclic) bond motifs is 1. The normalized spacial score (nSPS) is 36.1. The molecule has 0 aromatic heterocycles. The molecule has 0 aromatic rings. The van der Waals surface area contributed by atoms with Crippen molar-refractivity contribution in [3.05, 3.63) is 0 Å². The second-order valence-corrected chi connectivity index (χ2v) is 6.54. The van der Waals surface area contributed by atoms with Crippen molar-refractivity contribution in [2.45, 2.75) is 69.7 Å². The van der Waals surface area contributed by atoms with Gasteiger partial charge in [-0.2, -0.15) is 0 Å². The van der Waals surface area contributed by atoms with Crippen LogP contribution in [0.5, 0.6) is 0 Å². The summed E-state index contributed by atoms with van der Waals surface area (Å²) in [6.07, 6.45) is 8.40. The highest BCUT2D eigenvalue weighted by Crippen LogP contribution is 2.26. The van der Waals surface area contributed by atoms with Crippen molar-refractivity contribution in [1.82, 2.24) is 10.2 Å². The van der Waals surface area contributed by atoms with E-state index in [4.69, 9.17) is 9.47 Å². The lowest BCUT2D eigenvalue weighted by Crippen LogP contribution is -2.54. The smallest absolute Gasteiger partial charge is 0.0855 e. The van der Waals surface area contributed by atoms with E-state index in [0.717, 1.165) is 26.3 Å². The number of rotatable bonds is 6. The number of ether oxygens (including phenoxy) is 2. The molecule has 0 aliphatic carbocycles. The molecule has 3 rings (SSSR count). The highest BCUT2D eigenvalue weighted by atomic mass is 16.5. The van der Waals surface area contributed by atoms with Gasteiger partial charge in [0.15, 0.2) is 0 Å². The minimum Gasteiger partial charge on any atom is -0.378 e. The molecule has 3 saturated heterocycles. The van der Waals surface area contributed by atoms with Crippen LogP contribution in [-0.2, 0) is 9.47 Å². The van der Waals surface area contributed by atoms with Gasteiger partial charge in [-0.15, -0.1) is 0 Å². The van der Waals surface area contributed by atoms with Crippen LogP contribution in [-0.4, -0.2) is 62.0 Å². The summed E-state index contributed by atoms with van der Waals surface area (Å²) in [6.45, 7) is 7.52. The summed E-state index contributed by atoms with van der Waals surface area (Å²) in [4.78, 5) is 2.64. The van der Waals surface area contributed by atoms with Gasteiger partial charge in [-0.1, -0.05) is 6.92 Å². The molecule has 1 N–H and O–H groups in total. The summed E-state index contributed by atoms with van der Waals surface area (Å²) in [5, 5.41) is 3.65. The zero-order valence-electron chi connectivity index (χ0n) is 12.9. The third-order valence-corrected chi connectivity index (χ3v) is 5.15. The molecule has 20 heavy (non-hydrogen) atoms. The summed E-state index contributed by atoms with van der Waals surface area (Å²) in [6, 6.07) is 1.19. The first-order chi connectivity index (χ1) is 9.86. The molecule has 3 aliphatic heterocycles. The van der Waals surface area contributed by atoms with Gasteiger partial charge in [-0.05, 0) is 51.6 Å². The lowest BCUT2D eigenvalue weighted by Gasteiger charge is -2.39. The summed E-state index contributed by atoms with van der Waals surface area (Å²) in [7, 11) is 0. The third-order valence-electron chi connectivity index (χ3n) is 5.15. The predicted octanol–water partition coefficient (Wildman–Crippen LogP) is 1.79. The number of hydrogen-bond donors (Lipinski definition) is 1. The van der Waals surface area contributed by atoms with Gasteiger partial charge in [0.25, 0.3) is 0 Å². The molecule has 3 heterocycles. The summed E-state index contributed by atoms with van der Waals surface area (Å²) >= 11 is 0. The summed E-state index contributed by atoms with van der Waals surface area (Å²) in [5.41, 5.74) is 0. The maximum atomic E-state index is 6.18. The number of likely N-dealkylation sites (N-methyl/N-ethyl adjacent to an activating group) is 1. The summed E-state index contributed by atoms with van der Waals surface area (Å²) in [5.74, 6) is 0. The minimum absolute atomic E-state index is 0.366. The number of nitrogens with one attached hydrogen (secondary N) is 1. The van der Waals surface area contributed by atoms with E-state index in [1.54, 1.807) is 0 Å². The number of nitrogens with zero attached hydrogens (tertiary/aromatic N) is 1. The first-order valence-corrected chi connectivity index (χ1v) is 8.57. The molecule has 0 bridgehead atoms. The average Bonchev–Trinajstić information content (AvgIpc) is 3.13. The van der Waals surface area contributed by atoms with Crippen molar-refractivity contribution in [3.63, 3.8) is 0 Å². The number of morpholine rings is 1. The Bertz CT molecular complexity index is 294. The van der Waals surface area contributed by atoms with Crippen molar-refractivity contribution in [2.75, 3.05) is 32.8 Å². The van der Waals surface area contributed by atoms with Crippen molar-refractivity contribution < 1.29 is 9.47 Å². The van der Waals surface area contributed by atoms with E-state index in [0.29, 0.717) is 24.3 Å². The van der Waals surface area contributed by atoms with E-state index in [2.05, 4.69) is 17.1 Å². The van der Waals surface area contributed by atoms with Crippen LogP contribution in [0.2, 0.25) is 0 Å². The van der Waals surface area contributed by atoms with Gasteiger partial charge in [0.05, 0.1) is 18.8 Å². The highest BCUT2D eigenvalue weighted by molar-refractivity contribution is 4.90. The quantitative estimate of drug-likeness (QED) is 0.805. The molecule has 4 atom stereocenters. The van der Waals surface area contributed by atoms with Gasteiger partial charge in [0.1, 0.15) is 0 Å². The summed E-state index contributed by atoms with van der Waals surface area (Å²) < 4.78 is 11.9. The Morgan fingerprint density at radius 1 is 1.25 bits per heavy atom. The fourth-order valence-corrected chi connectivity index (χ4v) is 4.01. The average molecular weight is 282 g/mol. The Morgan fingerprint density at radius 3 is 3.00 bits per heavy atom. The Hall–Kier alpha value is -0.160. The Kier molecular flexibility index (Phi) is 5.32. The lowest BCUT2D eigenvalue weighted by atomic mass is 9.99. The standard InChI is InChI=1S/C16H30N2O2/c1-2-17-15(8-7-14-6-4-10-19-14)16-11-18-9-3-5-13(18)12-20-16/h13-17H,2-12H2,1H3. The second-order valence-electron chi connectivity index (χ2n) is 6.54. The Balaban J connectivity index is 1.49. The van der Waals surface area contributed by atoms with E-state index < -0.39 is 0 Å². The number of hydrogen-bond acceptors (Lipinski definition) is 4. The first-order valence-electron chi connectivity index (χ1n) is 8.57. The lowest BCUT2D eigenvalue weighted by molar-refractivity contribution is -0.0669. The van der Waals surface area contributed by atoms with Crippen LogP contribution in [0.4, 0.5) is 0 Å². The monoisotopic (exact) mass is 282 g/mol. The SMILES string of the molecule is CCNC(CCC1CCCO1)C1CN2CCCC2CO1. The topological polar surface area (TPSA) is 33.7 Å². The van der Waals surface area contributed by atoms with Gasteiger partial charge in [0.2, 0.25) is 0 Å². The van der Waals surface area contributed by atoms with Gasteiger partial charge in [-0.25, -0.2) is 0 Å². The van der Waals surface area contributed by atoms with Crippen LogP contribution in [0.25, 0.3) is 0 Å². The predicted molar refractivity (Wildman–Crippen MR) is 80.0 cm³/mol. The molecule has 4 nitrogen and oxygen atoms in total. The highest BCUT2D eigenvalue weighted by Gasteiger charge is 2.35. The molecule has 3 aliphatic rings. The van der Waals surface area contributed by atoms with Gasteiger partial charge in [0, 0.05) is 25.2 Å². The largest absolute Gasteiger partial charge is 0.378 e. The molecule has 0 radical (unpaired) electrons. The van der Waals surface area contributed by atoms with Gasteiger partial charge < -0.3 is 14.8 Å². The van der Waals surface area contributed by atoms with Gasteiger partial charge >= 0.3 is 0 Å². The molecule has 0 aromatic carbocycles. The van der Waals surface area contributed by atoms with Crippen LogP contribution in [0, 0.1) is 0 Å². The van der Waals surface area contributed by atoms with E-state index in [1.807, 2.05) is 0 Å². The van der Waals surface area contributed by atoms with Crippen LogP contribution < -0.4 is 5.32 Å². The van der Waals surface area contributed by atoms with Crippen molar-refractivity contribution in [1.29, 1.82) is 0 Å². The fraction of sp³-hybridized carbons (Fsp3) is 1.00. The van der Waals surface area contributed by atoms with Crippen LogP contribution in [0.1, 0.15) is 45.4 Å². The maximum Gasteiger partial charge on any atom is 0.0855 e. The molecule has 116 valence electrons. The molecular weight excluding hydrogens is 252 g/mol. The molecule has 0 amide bonds. The molecule has 0 spiro atoms. The van der Waals surface area contributed by atoms with Crippen molar-refractivity contribution in [2.24, 2.45) is 0 Å². The fourth-order valence-electron chi connectivity index (χ4n) is 4.01. The van der Waals surface area contributed by atoms with Crippen molar-refractivity contribution in [3.8, 4) is 0 Å². The zero-order chi connectivity index (χ0) is 13.8. The van der Waals surface area contributed by atoms with Crippen molar-refractivity contribution >= 4 is 0 Å². The zero-order valence-corrected chi connectivity index (χ0v) is 12.9. The van der Waals surface area contributed by atoms with E-state index >= 15 is 0 Å². The second kappa shape index (κ2) is 7.21. The Labute approximate surface area is 123 Å². The van der Waals surface area contributed by atoms with Crippen LogP contribution in [0.3, 0.4) is 0 Å². The van der Waals surface area contributed by atoms with Crippen LogP contribution >= 0.6 is 0 Å². The third kappa shape index (κ3) is 3.53. The molecular formula is C16H30N2O2. The molecule has 4 heteroatoms. The van der Waals surface area contributed by atoms with E-state index in [9.17, 15) is 0 Å².